The number of nitrogens with two attached hydrogens (primary N) is 1. The third kappa shape index (κ3) is 3.07. The topological polar surface area (TPSA) is 26.0 Å². The lowest BCUT2D eigenvalue weighted by atomic mass is 9.94. The Balaban J connectivity index is 2.33. The van der Waals surface area contributed by atoms with E-state index in [9.17, 15) is 8.78 Å². The summed E-state index contributed by atoms with van der Waals surface area (Å²) >= 11 is 3.07. The van der Waals surface area contributed by atoms with Crippen molar-refractivity contribution in [2.45, 2.75) is 25.8 Å². The molecule has 0 amide bonds. The highest BCUT2D eigenvalue weighted by molar-refractivity contribution is 9.10. The molecule has 0 bridgehead atoms. The van der Waals surface area contributed by atoms with Crippen LogP contribution in [0, 0.1) is 11.6 Å². The molecule has 0 aromatic heterocycles. The van der Waals surface area contributed by atoms with Gasteiger partial charge in [0.1, 0.15) is 11.6 Å². The van der Waals surface area contributed by atoms with Crippen LogP contribution >= 0.6 is 15.9 Å². The Morgan fingerprint density at radius 2 is 1.85 bits per heavy atom. The van der Waals surface area contributed by atoms with Crippen molar-refractivity contribution in [3.63, 3.8) is 0 Å². The van der Waals surface area contributed by atoms with Crippen LogP contribution in [-0.2, 0) is 12.8 Å². The molecule has 0 spiro atoms. The monoisotopic (exact) mass is 339 g/mol. The van der Waals surface area contributed by atoms with Crippen molar-refractivity contribution in [1.82, 2.24) is 0 Å². The van der Waals surface area contributed by atoms with Crippen LogP contribution in [0.3, 0.4) is 0 Å². The minimum Gasteiger partial charge on any atom is -0.324 e. The van der Waals surface area contributed by atoms with E-state index in [1.807, 2.05) is 31.2 Å². The van der Waals surface area contributed by atoms with Gasteiger partial charge in [-0.05, 0) is 52.0 Å². The molecule has 20 heavy (non-hydrogen) atoms. The van der Waals surface area contributed by atoms with Crippen molar-refractivity contribution in [2.24, 2.45) is 5.73 Å². The standard InChI is InChI=1S/C16H16BrF2N/c1-2-10-5-3-4-6-11(10)15(20)9-12-14(18)8-7-13(17)16(12)19/h3-8,15H,2,9,20H2,1H3. The molecule has 2 rings (SSSR count). The fourth-order valence-corrected chi connectivity index (χ4v) is 2.68. The highest BCUT2D eigenvalue weighted by atomic mass is 79.9. The summed E-state index contributed by atoms with van der Waals surface area (Å²) in [6.07, 6.45) is 0.974. The second kappa shape index (κ2) is 6.46. The molecule has 0 aliphatic carbocycles. The van der Waals surface area contributed by atoms with E-state index in [0.29, 0.717) is 0 Å². The quantitative estimate of drug-likeness (QED) is 0.813. The van der Waals surface area contributed by atoms with Crippen molar-refractivity contribution in [2.75, 3.05) is 0 Å². The molecule has 0 aliphatic heterocycles. The van der Waals surface area contributed by atoms with E-state index in [4.69, 9.17) is 5.73 Å². The van der Waals surface area contributed by atoms with Crippen molar-refractivity contribution in [3.05, 3.63) is 69.2 Å². The van der Waals surface area contributed by atoms with E-state index >= 15 is 0 Å². The first-order valence-corrected chi connectivity index (χ1v) is 7.29. The van der Waals surface area contributed by atoms with Crippen molar-refractivity contribution in [1.29, 1.82) is 0 Å². The molecule has 0 saturated carbocycles. The molecule has 1 atom stereocenters. The summed E-state index contributed by atoms with van der Waals surface area (Å²) in [5.41, 5.74) is 8.21. The summed E-state index contributed by atoms with van der Waals surface area (Å²) < 4.78 is 28.0. The Bertz CT molecular complexity index is 613. The lowest BCUT2D eigenvalue weighted by molar-refractivity contribution is 0.535. The first kappa shape index (κ1) is 15.1. The van der Waals surface area contributed by atoms with E-state index in [0.717, 1.165) is 17.5 Å². The maximum Gasteiger partial charge on any atom is 0.143 e. The third-order valence-corrected chi connectivity index (χ3v) is 4.01. The van der Waals surface area contributed by atoms with Gasteiger partial charge in [-0.3, -0.25) is 0 Å². The molecule has 0 fully saturated rings. The Morgan fingerprint density at radius 3 is 2.55 bits per heavy atom. The lowest BCUT2D eigenvalue weighted by Crippen LogP contribution is -2.17. The van der Waals surface area contributed by atoms with Gasteiger partial charge in [-0.15, -0.1) is 0 Å². The summed E-state index contributed by atoms with van der Waals surface area (Å²) in [5.74, 6) is -1.13. The molecule has 0 saturated heterocycles. The number of rotatable bonds is 4. The first-order valence-electron chi connectivity index (χ1n) is 6.50. The predicted octanol–water partition coefficient (Wildman–Crippen LogP) is 4.53. The minimum atomic E-state index is -0.575. The van der Waals surface area contributed by atoms with Gasteiger partial charge >= 0.3 is 0 Å². The van der Waals surface area contributed by atoms with Crippen LogP contribution in [0.1, 0.15) is 29.7 Å². The second-order valence-corrected chi connectivity index (χ2v) is 5.54. The average Bonchev–Trinajstić information content (AvgIpc) is 2.47. The van der Waals surface area contributed by atoms with Gasteiger partial charge in [0.25, 0.3) is 0 Å². The number of hydrogen-bond donors (Lipinski definition) is 1. The molecule has 4 heteroatoms. The zero-order valence-electron chi connectivity index (χ0n) is 11.2. The molecule has 1 nitrogen and oxygen atoms in total. The number of benzene rings is 2. The molecular formula is C16H16BrF2N. The Hall–Kier alpha value is -1.26. The van der Waals surface area contributed by atoms with Crippen LogP contribution in [-0.4, -0.2) is 0 Å². The molecule has 0 aliphatic rings. The normalized spacial score (nSPS) is 12.4. The molecule has 2 aromatic carbocycles. The largest absolute Gasteiger partial charge is 0.324 e. The highest BCUT2D eigenvalue weighted by Crippen LogP contribution is 2.27. The first-order chi connectivity index (χ1) is 9.54. The predicted molar refractivity (Wildman–Crippen MR) is 80.5 cm³/mol. The molecule has 2 N–H and O–H groups in total. The van der Waals surface area contributed by atoms with Crippen molar-refractivity contribution >= 4 is 15.9 Å². The van der Waals surface area contributed by atoms with Gasteiger partial charge in [0.15, 0.2) is 0 Å². The second-order valence-electron chi connectivity index (χ2n) is 4.68. The zero-order chi connectivity index (χ0) is 14.7. The van der Waals surface area contributed by atoms with Crippen LogP contribution in [0.2, 0.25) is 0 Å². The maximum atomic E-state index is 14.0. The van der Waals surface area contributed by atoms with E-state index in [-0.39, 0.29) is 16.5 Å². The van der Waals surface area contributed by atoms with Crippen LogP contribution in [0.5, 0.6) is 0 Å². The van der Waals surface area contributed by atoms with Gasteiger partial charge in [-0.1, -0.05) is 31.2 Å². The van der Waals surface area contributed by atoms with Crippen molar-refractivity contribution < 1.29 is 8.78 Å². The molecule has 1 unspecified atom stereocenters. The molecular weight excluding hydrogens is 324 g/mol. The highest BCUT2D eigenvalue weighted by Gasteiger charge is 2.18. The Labute approximate surface area is 125 Å². The van der Waals surface area contributed by atoms with Gasteiger partial charge in [0.2, 0.25) is 0 Å². The molecule has 106 valence electrons. The lowest BCUT2D eigenvalue weighted by Gasteiger charge is -2.17. The van der Waals surface area contributed by atoms with E-state index in [1.54, 1.807) is 0 Å². The summed E-state index contributed by atoms with van der Waals surface area (Å²) in [6.45, 7) is 2.03. The molecule has 0 heterocycles. The minimum absolute atomic E-state index is 0.0257. The van der Waals surface area contributed by atoms with Crippen LogP contribution in [0.15, 0.2) is 40.9 Å². The average molecular weight is 340 g/mol. The fourth-order valence-electron chi connectivity index (χ4n) is 2.30. The fraction of sp³-hybridized carbons (Fsp3) is 0.250. The van der Waals surface area contributed by atoms with Crippen LogP contribution in [0.25, 0.3) is 0 Å². The summed E-state index contributed by atoms with van der Waals surface area (Å²) in [4.78, 5) is 0. The SMILES string of the molecule is CCc1ccccc1C(N)Cc1c(F)ccc(Br)c1F. The van der Waals surface area contributed by atoms with Gasteiger partial charge in [-0.2, -0.15) is 0 Å². The van der Waals surface area contributed by atoms with Gasteiger partial charge in [0.05, 0.1) is 4.47 Å². The Kier molecular flexibility index (Phi) is 4.89. The Morgan fingerprint density at radius 1 is 1.15 bits per heavy atom. The third-order valence-electron chi connectivity index (χ3n) is 3.40. The smallest absolute Gasteiger partial charge is 0.143 e. The van der Waals surface area contributed by atoms with Gasteiger partial charge < -0.3 is 5.73 Å². The number of halogens is 3. The maximum absolute atomic E-state index is 14.0. The van der Waals surface area contributed by atoms with Gasteiger partial charge in [-0.25, -0.2) is 8.78 Å². The van der Waals surface area contributed by atoms with Crippen molar-refractivity contribution in [3.8, 4) is 0 Å². The number of hydrogen-bond acceptors (Lipinski definition) is 1. The molecule has 2 aromatic rings. The summed E-state index contributed by atoms with van der Waals surface area (Å²) in [6, 6.07) is 9.92. The zero-order valence-corrected chi connectivity index (χ0v) is 12.8. The van der Waals surface area contributed by atoms with Gasteiger partial charge in [0, 0.05) is 11.6 Å². The van der Waals surface area contributed by atoms with E-state index in [2.05, 4.69) is 15.9 Å². The number of aryl methyl sites for hydroxylation is 1. The molecule has 0 radical (unpaired) electrons. The van der Waals surface area contributed by atoms with E-state index < -0.39 is 17.7 Å². The summed E-state index contributed by atoms with van der Waals surface area (Å²) in [5, 5.41) is 0. The van der Waals surface area contributed by atoms with Crippen LogP contribution < -0.4 is 5.73 Å². The summed E-state index contributed by atoms with van der Waals surface area (Å²) in [7, 11) is 0. The van der Waals surface area contributed by atoms with Crippen LogP contribution in [0.4, 0.5) is 8.78 Å². The van der Waals surface area contributed by atoms with E-state index in [1.165, 1.54) is 12.1 Å².